The largest absolute Gasteiger partial charge is 0.507 e. The Hall–Kier alpha value is -1.51. The lowest BCUT2D eigenvalue weighted by molar-refractivity contribution is 0.101. The number of hydrogen-bond donors (Lipinski definition) is 2. The van der Waals surface area contributed by atoms with Crippen molar-refractivity contribution in [2.45, 2.75) is 26.8 Å². The summed E-state index contributed by atoms with van der Waals surface area (Å²) in [6.07, 6.45) is 0. The Morgan fingerprint density at radius 1 is 1.43 bits per heavy atom. The molecule has 0 aliphatic rings. The number of phenols is 1. The molecule has 0 spiro atoms. The molecular weight excluding hydrogens is 178 g/mol. The summed E-state index contributed by atoms with van der Waals surface area (Å²) in [6, 6.07) is 5.25. The van der Waals surface area contributed by atoms with E-state index in [0.717, 1.165) is 5.69 Å². The molecule has 0 atom stereocenters. The monoisotopic (exact) mass is 193 g/mol. The van der Waals surface area contributed by atoms with Crippen LogP contribution in [0.3, 0.4) is 0 Å². The molecule has 0 heterocycles. The SMILES string of the molecule is CC(=O)c1cc(NC(C)C)ccc1O. The van der Waals surface area contributed by atoms with Gasteiger partial charge in [-0.3, -0.25) is 4.79 Å². The van der Waals surface area contributed by atoms with Gasteiger partial charge in [0.25, 0.3) is 0 Å². The first-order valence-electron chi connectivity index (χ1n) is 4.61. The average molecular weight is 193 g/mol. The van der Waals surface area contributed by atoms with Crippen LogP contribution in [0.1, 0.15) is 31.1 Å². The quantitative estimate of drug-likeness (QED) is 0.572. The molecule has 0 aliphatic heterocycles. The molecule has 14 heavy (non-hydrogen) atoms. The van der Waals surface area contributed by atoms with Crippen molar-refractivity contribution >= 4 is 11.5 Å². The van der Waals surface area contributed by atoms with Gasteiger partial charge in [-0.2, -0.15) is 0 Å². The van der Waals surface area contributed by atoms with Crippen LogP contribution in [-0.4, -0.2) is 16.9 Å². The van der Waals surface area contributed by atoms with Crippen LogP contribution < -0.4 is 5.32 Å². The van der Waals surface area contributed by atoms with Gasteiger partial charge >= 0.3 is 0 Å². The third-order valence-corrected chi connectivity index (χ3v) is 1.83. The first-order valence-corrected chi connectivity index (χ1v) is 4.61. The number of carbonyl (C=O) groups is 1. The summed E-state index contributed by atoms with van der Waals surface area (Å²) in [5.41, 5.74) is 1.21. The minimum absolute atomic E-state index is 0.0341. The zero-order valence-electron chi connectivity index (χ0n) is 8.66. The van der Waals surface area contributed by atoms with Gasteiger partial charge in [0, 0.05) is 11.7 Å². The molecule has 0 unspecified atom stereocenters. The highest BCUT2D eigenvalue weighted by Crippen LogP contribution is 2.22. The number of hydrogen-bond acceptors (Lipinski definition) is 3. The molecule has 0 radical (unpaired) electrons. The molecule has 0 bridgehead atoms. The van der Waals surface area contributed by atoms with Gasteiger partial charge in [-0.15, -0.1) is 0 Å². The Balaban J connectivity index is 3.00. The molecule has 0 fully saturated rings. The van der Waals surface area contributed by atoms with E-state index in [-0.39, 0.29) is 11.5 Å². The predicted molar refractivity (Wildman–Crippen MR) is 56.9 cm³/mol. The van der Waals surface area contributed by atoms with Crippen LogP contribution in [-0.2, 0) is 0 Å². The van der Waals surface area contributed by atoms with Crippen molar-refractivity contribution in [1.29, 1.82) is 0 Å². The van der Waals surface area contributed by atoms with Gasteiger partial charge < -0.3 is 10.4 Å². The molecular formula is C11H15NO2. The number of nitrogens with one attached hydrogen (secondary N) is 1. The van der Waals surface area contributed by atoms with Crippen LogP contribution >= 0.6 is 0 Å². The zero-order chi connectivity index (χ0) is 10.7. The summed E-state index contributed by atoms with van der Waals surface area (Å²) in [7, 11) is 0. The third-order valence-electron chi connectivity index (χ3n) is 1.83. The van der Waals surface area contributed by atoms with Crippen LogP contribution in [0.25, 0.3) is 0 Å². The van der Waals surface area contributed by atoms with E-state index in [1.54, 1.807) is 12.1 Å². The number of ketones is 1. The molecule has 76 valence electrons. The number of aromatic hydroxyl groups is 1. The van der Waals surface area contributed by atoms with Crippen molar-refractivity contribution in [3.8, 4) is 5.75 Å². The van der Waals surface area contributed by atoms with E-state index >= 15 is 0 Å². The number of carbonyl (C=O) groups excluding carboxylic acids is 1. The molecule has 1 aromatic rings. The molecule has 3 nitrogen and oxygen atoms in total. The normalized spacial score (nSPS) is 10.3. The average Bonchev–Trinajstić information content (AvgIpc) is 2.07. The smallest absolute Gasteiger partial charge is 0.163 e. The lowest BCUT2D eigenvalue weighted by Crippen LogP contribution is -2.10. The lowest BCUT2D eigenvalue weighted by Gasteiger charge is -2.11. The summed E-state index contributed by atoms with van der Waals surface area (Å²) in [6.45, 7) is 5.47. The molecule has 2 N–H and O–H groups in total. The van der Waals surface area contributed by atoms with Crippen molar-refractivity contribution in [2.75, 3.05) is 5.32 Å². The number of phenolic OH excluding ortho intramolecular Hbond substituents is 1. The summed E-state index contributed by atoms with van der Waals surface area (Å²) in [4.78, 5) is 11.1. The van der Waals surface area contributed by atoms with Crippen LogP contribution in [0.15, 0.2) is 18.2 Å². The van der Waals surface area contributed by atoms with Gasteiger partial charge in [0.05, 0.1) is 5.56 Å². The van der Waals surface area contributed by atoms with Crippen LogP contribution in [0.5, 0.6) is 5.75 Å². The second kappa shape index (κ2) is 4.13. The van der Waals surface area contributed by atoms with E-state index in [4.69, 9.17) is 0 Å². The van der Waals surface area contributed by atoms with Crippen LogP contribution in [0.4, 0.5) is 5.69 Å². The van der Waals surface area contributed by atoms with E-state index in [0.29, 0.717) is 11.6 Å². The maximum atomic E-state index is 11.1. The van der Waals surface area contributed by atoms with E-state index in [2.05, 4.69) is 5.32 Å². The maximum absolute atomic E-state index is 11.1. The lowest BCUT2D eigenvalue weighted by atomic mass is 10.1. The summed E-state index contributed by atoms with van der Waals surface area (Å²) in [5, 5.41) is 12.6. The number of rotatable bonds is 3. The Bertz CT molecular complexity index is 345. The molecule has 0 aromatic heterocycles. The maximum Gasteiger partial charge on any atom is 0.163 e. The fourth-order valence-corrected chi connectivity index (χ4v) is 1.24. The predicted octanol–water partition coefficient (Wildman–Crippen LogP) is 2.42. The van der Waals surface area contributed by atoms with Crippen molar-refractivity contribution in [3.63, 3.8) is 0 Å². The molecule has 3 heteroatoms. The second-order valence-electron chi connectivity index (χ2n) is 3.59. The van der Waals surface area contributed by atoms with E-state index in [1.807, 2.05) is 13.8 Å². The number of anilines is 1. The Kier molecular flexibility index (Phi) is 3.12. The molecule has 1 aromatic carbocycles. The van der Waals surface area contributed by atoms with Crippen LogP contribution in [0.2, 0.25) is 0 Å². The van der Waals surface area contributed by atoms with Gasteiger partial charge in [-0.05, 0) is 39.0 Å². The van der Waals surface area contributed by atoms with Crippen molar-refractivity contribution < 1.29 is 9.90 Å². The fraction of sp³-hybridized carbons (Fsp3) is 0.364. The molecule has 1 rings (SSSR count). The Morgan fingerprint density at radius 2 is 2.07 bits per heavy atom. The topological polar surface area (TPSA) is 49.3 Å². The van der Waals surface area contributed by atoms with Gasteiger partial charge in [0.1, 0.15) is 5.75 Å². The molecule has 0 saturated carbocycles. The Labute approximate surface area is 83.8 Å². The minimum atomic E-state index is -0.130. The van der Waals surface area contributed by atoms with E-state index in [1.165, 1.54) is 13.0 Å². The second-order valence-corrected chi connectivity index (χ2v) is 3.59. The van der Waals surface area contributed by atoms with Crippen molar-refractivity contribution in [3.05, 3.63) is 23.8 Å². The first-order chi connectivity index (χ1) is 6.50. The Morgan fingerprint density at radius 3 is 2.57 bits per heavy atom. The highest BCUT2D eigenvalue weighted by molar-refractivity contribution is 5.97. The standard InChI is InChI=1S/C11H15NO2/c1-7(2)12-9-4-5-11(14)10(6-9)8(3)13/h4-7,12,14H,1-3H3. The van der Waals surface area contributed by atoms with Gasteiger partial charge in [0.2, 0.25) is 0 Å². The van der Waals surface area contributed by atoms with Crippen LogP contribution in [0, 0.1) is 0 Å². The molecule has 0 aliphatic carbocycles. The van der Waals surface area contributed by atoms with Gasteiger partial charge in [-0.1, -0.05) is 0 Å². The highest BCUT2D eigenvalue weighted by atomic mass is 16.3. The number of Topliss-reactive ketones (excluding diaryl/α,β-unsaturated/α-hetero) is 1. The summed E-state index contributed by atoms with van der Waals surface area (Å²) < 4.78 is 0. The fourth-order valence-electron chi connectivity index (χ4n) is 1.24. The molecule has 0 saturated heterocycles. The molecule has 0 amide bonds. The minimum Gasteiger partial charge on any atom is -0.507 e. The zero-order valence-corrected chi connectivity index (χ0v) is 8.66. The van der Waals surface area contributed by atoms with Gasteiger partial charge in [-0.25, -0.2) is 0 Å². The van der Waals surface area contributed by atoms with E-state index in [9.17, 15) is 9.90 Å². The summed E-state index contributed by atoms with van der Waals surface area (Å²) >= 11 is 0. The third kappa shape index (κ3) is 2.49. The first kappa shape index (κ1) is 10.6. The van der Waals surface area contributed by atoms with Gasteiger partial charge in [0.15, 0.2) is 5.78 Å². The summed E-state index contributed by atoms with van der Waals surface area (Å²) in [5.74, 6) is -0.0956. The van der Waals surface area contributed by atoms with Crippen molar-refractivity contribution in [2.24, 2.45) is 0 Å². The van der Waals surface area contributed by atoms with E-state index < -0.39 is 0 Å². The number of benzene rings is 1. The highest BCUT2D eigenvalue weighted by Gasteiger charge is 2.07. The van der Waals surface area contributed by atoms with Crippen molar-refractivity contribution in [1.82, 2.24) is 0 Å².